The maximum atomic E-state index is 8.79. The largest absolute Gasteiger partial charge is 0.496 e. The number of ether oxygens (including phenoxy) is 1. The summed E-state index contributed by atoms with van der Waals surface area (Å²) >= 11 is 4.74. The average molecular weight is 218 g/mol. The van der Waals surface area contributed by atoms with E-state index in [0.29, 0.717) is 5.75 Å². The van der Waals surface area contributed by atoms with Gasteiger partial charge in [0.15, 0.2) is 0 Å². The van der Waals surface area contributed by atoms with Gasteiger partial charge in [-0.05, 0) is 12.1 Å². The van der Waals surface area contributed by atoms with Crippen LogP contribution in [0.4, 0.5) is 0 Å². The van der Waals surface area contributed by atoms with E-state index in [4.69, 9.17) is 28.0 Å². The normalized spacial score (nSPS) is 10.5. The molecule has 3 nitrogen and oxygen atoms in total. The van der Waals surface area contributed by atoms with Crippen LogP contribution < -0.4 is 10.5 Å². The second-order valence-electron chi connectivity index (χ2n) is 2.78. The molecule has 0 aliphatic heterocycles. The molecule has 1 aromatic rings. The molecule has 0 amide bonds. The van der Waals surface area contributed by atoms with E-state index in [1.807, 2.05) is 24.3 Å². The molecule has 2 N–H and O–H groups in total. The van der Waals surface area contributed by atoms with Crippen molar-refractivity contribution >= 4 is 23.3 Å². The summed E-state index contributed by atoms with van der Waals surface area (Å²) in [5, 5.41) is 8.79. The molecule has 1 rings (SSSR count). The number of nitriles is 1. The first-order valence-corrected chi connectivity index (χ1v) is 4.64. The molecule has 0 heterocycles. The van der Waals surface area contributed by atoms with Gasteiger partial charge < -0.3 is 10.5 Å². The lowest BCUT2D eigenvalue weighted by atomic mass is 10.1. The molecule has 0 unspecified atom stereocenters. The Balaban J connectivity index is 3.18. The van der Waals surface area contributed by atoms with Crippen molar-refractivity contribution in [3.63, 3.8) is 0 Å². The maximum absolute atomic E-state index is 8.79. The van der Waals surface area contributed by atoms with Crippen LogP contribution in [-0.4, -0.2) is 12.1 Å². The number of hydrogen-bond donors (Lipinski definition) is 1. The van der Waals surface area contributed by atoms with E-state index in [1.54, 1.807) is 19.3 Å². The second kappa shape index (κ2) is 5.13. The minimum atomic E-state index is 0.0865. The predicted octanol–water partition coefficient (Wildman–Crippen LogP) is 1.89. The molecule has 0 aliphatic carbocycles. The quantitative estimate of drug-likeness (QED) is 0.478. The van der Waals surface area contributed by atoms with E-state index in [-0.39, 0.29) is 10.6 Å². The highest BCUT2D eigenvalue weighted by molar-refractivity contribution is 7.80. The van der Waals surface area contributed by atoms with Crippen LogP contribution in [0.3, 0.4) is 0 Å². The lowest BCUT2D eigenvalue weighted by Gasteiger charge is -2.04. The Bertz CT molecular complexity index is 446. The van der Waals surface area contributed by atoms with E-state index in [1.165, 1.54) is 0 Å². The van der Waals surface area contributed by atoms with Crippen LogP contribution >= 0.6 is 12.2 Å². The molecule has 0 saturated carbocycles. The van der Waals surface area contributed by atoms with Crippen LogP contribution in [0.2, 0.25) is 0 Å². The van der Waals surface area contributed by atoms with Crippen LogP contribution in [0.25, 0.3) is 6.08 Å². The number of nitrogens with zero attached hydrogens (tertiary/aromatic N) is 1. The maximum Gasteiger partial charge on any atom is 0.126 e. The summed E-state index contributed by atoms with van der Waals surface area (Å²) in [6, 6.07) is 9.27. The fourth-order valence-electron chi connectivity index (χ4n) is 1.10. The van der Waals surface area contributed by atoms with Crippen LogP contribution in [0.15, 0.2) is 29.8 Å². The molecule has 4 heteroatoms. The Hall–Kier alpha value is -1.86. The lowest BCUT2D eigenvalue weighted by molar-refractivity contribution is 0.414. The van der Waals surface area contributed by atoms with Crippen molar-refractivity contribution < 1.29 is 4.74 Å². The fraction of sp³-hybridized carbons (Fsp3) is 0.0909. The third kappa shape index (κ3) is 2.79. The Morgan fingerprint density at radius 2 is 2.20 bits per heavy atom. The van der Waals surface area contributed by atoms with Crippen molar-refractivity contribution in [2.75, 3.05) is 7.11 Å². The van der Waals surface area contributed by atoms with Crippen molar-refractivity contribution in [1.29, 1.82) is 5.26 Å². The van der Waals surface area contributed by atoms with Crippen molar-refractivity contribution in [2.45, 2.75) is 0 Å². The Kier molecular flexibility index (Phi) is 3.83. The van der Waals surface area contributed by atoms with Crippen LogP contribution in [0.1, 0.15) is 5.56 Å². The average Bonchev–Trinajstić information content (AvgIpc) is 2.25. The van der Waals surface area contributed by atoms with E-state index >= 15 is 0 Å². The first-order valence-electron chi connectivity index (χ1n) is 4.23. The van der Waals surface area contributed by atoms with Gasteiger partial charge in [0.05, 0.1) is 12.7 Å². The monoisotopic (exact) mass is 218 g/mol. The topological polar surface area (TPSA) is 59.0 Å². The molecule has 0 saturated heterocycles. The summed E-state index contributed by atoms with van der Waals surface area (Å²) < 4.78 is 5.13. The number of benzene rings is 1. The summed E-state index contributed by atoms with van der Waals surface area (Å²) in [6.45, 7) is 0. The van der Waals surface area contributed by atoms with Gasteiger partial charge in [0.2, 0.25) is 0 Å². The summed E-state index contributed by atoms with van der Waals surface area (Å²) in [7, 11) is 1.57. The first-order chi connectivity index (χ1) is 7.19. The van der Waals surface area contributed by atoms with Gasteiger partial charge in [-0.2, -0.15) is 5.26 Å². The molecular formula is C11H10N2OS. The summed E-state index contributed by atoms with van der Waals surface area (Å²) in [5.41, 5.74) is 6.44. The molecule has 15 heavy (non-hydrogen) atoms. The van der Waals surface area contributed by atoms with Gasteiger partial charge in [0, 0.05) is 5.56 Å². The van der Waals surface area contributed by atoms with E-state index in [2.05, 4.69) is 0 Å². The second-order valence-corrected chi connectivity index (χ2v) is 3.22. The van der Waals surface area contributed by atoms with Gasteiger partial charge in [0.25, 0.3) is 0 Å². The lowest BCUT2D eigenvalue weighted by Crippen LogP contribution is -2.09. The summed E-state index contributed by atoms with van der Waals surface area (Å²) in [4.78, 5) is 0.0865. The zero-order valence-electron chi connectivity index (χ0n) is 8.23. The van der Waals surface area contributed by atoms with Crippen LogP contribution in [0, 0.1) is 11.3 Å². The van der Waals surface area contributed by atoms with Gasteiger partial charge >= 0.3 is 0 Å². The SMILES string of the molecule is COc1ccccc1/C=C(/C#N)C(N)=S. The zero-order valence-corrected chi connectivity index (χ0v) is 9.04. The molecule has 0 aromatic heterocycles. The molecule has 76 valence electrons. The smallest absolute Gasteiger partial charge is 0.126 e. The zero-order chi connectivity index (χ0) is 11.3. The van der Waals surface area contributed by atoms with Gasteiger partial charge in [-0.3, -0.25) is 0 Å². The molecule has 0 radical (unpaired) electrons. The van der Waals surface area contributed by atoms with Crippen LogP contribution in [-0.2, 0) is 0 Å². The highest BCUT2D eigenvalue weighted by atomic mass is 32.1. The van der Waals surface area contributed by atoms with E-state index in [0.717, 1.165) is 5.56 Å². The van der Waals surface area contributed by atoms with Gasteiger partial charge in [-0.1, -0.05) is 30.4 Å². The van der Waals surface area contributed by atoms with Gasteiger partial charge in [-0.15, -0.1) is 0 Å². The third-order valence-corrected chi connectivity index (χ3v) is 2.04. The minimum absolute atomic E-state index is 0.0865. The van der Waals surface area contributed by atoms with Crippen molar-refractivity contribution in [2.24, 2.45) is 5.73 Å². The van der Waals surface area contributed by atoms with Gasteiger partial charge in [-0.25, -0.2) is 0 Å². The number of hydrogen-bond acceptors (Lipinski definition) is 3. The molecule has 0 spiro atoms. The van der Waals surface area contributed by atoms with E-state index in [9.17, 15) is 0 Å². The molecule has 0 fully saturated rings. The van der Waals surface area contributed by atoms with Crippen molar-refractivity contribution in [3.8, 4) is 11.8 Å². The summed E-state index contributed by atoms with van der Waals surface area (Å²) in [6.07, 6.45) is 1.61. The van der Waals surface area contributed by atoms with Crippen molar-refractivity contribution in [3.05, 3.63) is 35.4 Å². The predicted molar refractivity (Wildman–Crippen MR) is 63.4 cm³/mol. The molecule has 0 atom stereocenters. The standard InChI is InChI=1S/C11H10N2OS/c1-14-10-5-3-2-4-8(10)6-9(7-12)11(13)15/h2-6H,1H3,(H2,13,15)/b9-6-. The Morgan fingerprint density at radius 1 is 1.53 bits per heavy atom. The molecular weight excluding hydrogens is 208 g/mol. The number of nitrogens with two attached hydrogens (primary N) is 1. The van der Waals surface area contributed by atoms with Gasteiger partial charge in [0.1, 0.15) is 16.8 Å². The summed E-state index contributed by atoms with van der Waals surface area (Å²) in [5.74, 6) is 0.682. The van der Waals surface area contributed by atoms with Crippen LogP contribution in [0.5, 0.6) is 5.75 Å². The minimum Gasteiger partial charge on any atom is -0.496 e. The van der Waals surface area contributed by atoms with E-state index < -0.39 is 0 Å². The third-order valence-electron chi connectivity index (χ3n) is 1.82. The molecule has 0 aliphatic rings. The molecule has 0 bridgehead atoms. The first kappa shape index (κ1) is 11.2. The highest BCUT2D eigenvalue weighted by Crippen LogP contribution is 2.20. The molecule has 1 aromatic carbocycles. The Morgan fingerprint density at radius 3 is 2.73 bits per heavy atom. The number of rotatable bonds is 3. The number of methoxy groups -OCH3 is 1. The number of para-hydroxylation sites is 1. The Labute approximate surface area is 93.8 Å². The number of thiocarbonyl (C=S) groups is 1. The van der Waals surface area contributed by atoms with Crippen molar-refractivity contribution in [1.82, 2.24) is 0 Å². The fourth-order valence-corrected chi connectivity index (χ4v) is 1.20. The highest BCUT2D eigenvalue weighted by Gasteiger charge is 2.03.